The van der Waals surface area contributed by atoms with Crippen LogP contribution in [-0.2, 0) is 9.53 Å². The quantitative estimate of drug-likeness (QED) is 0.836. The Labute approximate surface area is 128 Å². The van der Waals surface area contributed by atoms with Gasteiger partial charge in [-0.1, -0.05) is 11.6 Å². The number of hydrogen-bond acceptors (Lipinski definition) is 4. The van der Waals surface area contributed by atoms with Gasteiger partial charge in [-0.05, 0) is 32.9 Å². The lowest BCUT2D eigenvalue weighted by Crippen LogP contribution is -2.52. The summed E-state index contributed by atoms with van der Waals surface area (Å²) in [6.45, 7) is 7.57. The number of rotatable bonds is 1. The van der Waals surface area contributed by atoms with Gasteiger partial charge in [0, 0.05) is 24.3 Å². The lowest BCUT2D eigenvalue weighted by Gasteiger charge is -2.43. The average molecular weight is 311 g/mol. The summed E-state index contributed by atoms with van der Waals surface area (Å²) in [5.41, 5.74) is 1.76. The second kappa shape index (κ2) is 4.87. The lowest BCUT2D eigenvalue weighted by atomic mass is 10.0. The largest absolute Gasteiger partial charge is 0.378 e. The summed E-state index contributed by atoms with van der Waals surface area (Å²) < 4.78 is 5.90. The van der Waals surface area contributed by atoms with E-state index in [9.17, 15) is 9.90 Å². The number of morpholine rings is 1. The number of aliphatic hydroxyl groups is 1. The molecule has 0 radical (unpaired) electrons. The topological polar surface area (TPSA) is 61.8 Å². The molecule has 0 aliphatic carbocycles. The van der Waals surface area contributed by atoms with Crippen LogP contribution < -0.4 is 10.2 Å². The van der Waals surface area contributed by atoms with E-state index in [0.717, 1.165) is 12.2 Å². The number of amides is 1. The van der Waals surface area contributed by atoms with E-state index in [1.807, 2.05) is 26.8 Å². The zero-order valence-electron chi connectivity index (χ0n) is 12.3. The summed E-state index contributed by atoms with van der Waals surface area (Å²) in [5.74, 6) is -0.408. The highest BCUT2D eigenvalue weighted by Crippen LogP contribution is 2.40. The van der Waals surface area contributed by atoms with Gasteiger partial charge in [-0.2, -0.15) is 0 Å². The van der Waals surface area contributed by atoms with Gasteiger partial charge in [0.05, 0.1) is 22.4 Å². The first kappa shape index (κ1) is 14.6. The van der Waals surface area contributed by atoms with Crippen molar-refractivity contribution in [3.8, 4) is 0 Å². The van der Waals surface area contributed by atoms with Crippen LogP contribution in [0.4, 0.5) is 11.4 Å². The van der Waals surface area contributed by atoms with Gasteiger partial charge < -0.3 is 20.1 Å². The van der Waals surface area contributed by atoms with Crippen molar-refractivity contribution in [2.24, 2.45) is 0 Å². The second-order valence-corrected chi connectivity index (χ2v) is 6.76. The number of ether oxygens (including phenoxy) is 1. The first-order chi connectivity index (χ1) is 9.77. The summed E-state index contributed by atoms with van der Waals surface area (Å²) in [4.78, 5) is 13.7. The van der Waals surface area contributed by atoms with Crippen molar-refractivity contribution in [3.63, 3.8) is 0 Å². The van der Waals surface area contributed by atoms with E-state index in [4.69, 9.17) is 16.3 Å². The van der Waals surface area contributed by atoms with E-state index in [1.54, 1.807) is 6.07 Å². The zero-order valence-corrected chi connectivity index (χ0v) is 13.1. The number of carbonyl (C=O) groups excluding carboxylic acids is 1. The summed E-state index contributed by atoms with van der Waals surface area (Å²) in [7, 11) is 0. The Hall–Kier alpha value is -1.30. The standard InChI is InChI=1S/C15H19ClN2O3/c1-8-6-18(7-15(2,3)21-8)12-5-11-9(4-10(12)16)13(19)14(20)17-11/h4-5,8,13,19H,6-7H2,1-3H3,(H,17,20). The molecule has 0 bridgehead atoms. The van der Waals surface area contributed by atoms with E-state index >= 15 is 0 Å². The number of aliphatic hydroxyl groups excluding tert-OH is 1. The fourth-order valence-electron chi connectivity index (χ4n) is 3.13. The van der Waals surface area contributed by atoms with Crippen LogP contribution in [0.25, 0.3) is 0 Å². The van der Waals surface area contributed by atoms with E-state index < -0.39 is 12.0 Å². The van der Waals surface area contributed by atoms with E-state index in [2.05, 4.69) is 10.2 Å². The fourth-order valence-corrected chi connectivity index (χ4v) is 3.43. The highest BCUT2D eigenvalue weighted by molar-refractivity contribution is 6.33. The van der Waals surface area contributed by atoms with Gasteiger partial charge in [0.2, 0.25) is 0 Å². The molecule has 1 saturated heterocycles. The molecule has 114 valence electrons. The zero-order chi connectivity index (χ0) is 15.4. The number of hydrogen-bond donors (Lipinski definition) is 2. The number of nitrogens with one attached hydrogen (secondary N) is 1. The minimum Gasteiger partial charge on any atom is -0.378 e. The van der Waals surface area contributed by atoms with Crippen molar-refractivity contribution in [2.45, 2.75) is 38.6 Å². The molecule has 3 rings (SSSR count). The van der Waals surface area contributed by atoms with Gasteiger partial charge >= 0.3 is 0 Å². The number of benzene rings is 1. The summed E-state index contributed by atoms with van der Waals surface area (Å²) >= 11 is 6.36. The smallest absolute Gasteiger partial charge is 0.257 e. The van der Waals surface area contributed by atoms with Gasteiger partial charge in [-0.15, -0.1) is 0 Å². The van der Waals surface area contributed by atoms with Crippen LogP contribution in [0.3, 0.4) is 0 Å². The van der Waals surface area contributed by atoms with Crippen molar-refractivity contribution in [1.82, 2.24) is 0 Å². The average Bonchev–Trinajstić information content (AvgIpc) is 2.62. The number of carbonyl (C=O) groups is 1. The maximum atomic E-state index is 11.5. The molecule has 6 heteroatoms. The van der Waals surface area contributed by atoms with E-state index in [1.165, 1.54) is 0 Å². The molecule has 2 unspecified atom stereocenters. The fraction of sp³-hybridized carbons (Fsp3) is 0.533. The molecule has 1 aromatic carbocycles. The molecule has 2 N–H and O–H groups in total. The van der Waals surface area contributed by atoms with Gasteiger partial charge in [0.25, 0.3) is 5.91 Å². The number of nitrogens with zero attached hydrogens (tertiary/aromatic N) is 1. The third kappa shape index (κ3) is 2.61. The highest BCUT2D eigenvalue weighted by Gasteiger charge is 2.34. The van der Waals surface area contributed by atoms with Crippen LogP contribution in [0.5, 0.6) is 0 Å². The SMILES string of the molecule is CC1CN(c2cc3c(cc2Cl)C(O)C(=O)N3)CC(C)(C)O1. The van der Waals surface area contributed by atoms with E-state index in [-0.39, 0.29) is 11.7 Å². The normalized spacial score (nSPS) is 27.5. The molecular weight excluding hydrogens is 292 g/mol. The van der Waals surface area contributed by atoms with Crippen LogP contribution in [0.15, 0.2) is 12.1 Å². The first-order valence-electron chi connectivity index (χ1n) is 7.02. The number of fused-ring (bicyclic) bond motifs is 1. The minimum absolute atomic E-state index is 0.0956. The van der Waals surface area contributed by atoms with Crippen LogP contribution in [0, 0.1) is 0 Å². The maximum absolute atomic E-state index is 11.5. The Morgan fingerprint density at radius 2 is 2.19 bits per heavy atom. The highest BCUT2D eigenvalue weighted by atomic mass is 35.5. The van der Waals surface area contributed by atoms with Crippen molar-refractivity contribution >= 4 is 28.9 Å². The van der Waals surface area contributed by atoms with Gasteiger partial charge in [-0.3, -0.25) is 4.79 Å². The molecule has 2 atom stereocenters. The van der Waals surface area contributed by atoms with Gasteiger partial charge in [0.1, 0.15) is 0 Å². The molecule has 1 amide bonds. The molecular formula is C15H19ClN2O3. The molecule has 2 aliphatic rings. The second-order valence-electron chi connectivity index (χ2n) is 6.35. The first-order valence-corrected chi connectivity index (χ1v) is 7.40. The molecule has 2 heterocycles. The predicted octanol–water partition coefficient (Wildman–Crippen LogP) is 2.33. The minimum atomic E-state index is -1.13. The van der Waals surface area contributed by atoms with E-state index in [0.29, 0.717) is 22.8 Å². The summed E-state index contributed by atoms with van der Waals surface area (Å²) in [6.07, 6.45) is -1.04. The Bertz CT molecular complexity index is 603. The Balaban J connectivity index is 1.97. The molecule has 1 aromatic rings. The molecule has 21 heavy (non-hydrogen) atoms. The lowest BCUT2D eigenvalue weighted by molar-refractivity contribution is -0.123. The Morgan fingerprint density at radius 1 is 1.48 bits per heavy atom. The third-order valence-corrected chi connectivity index (χ3v) is 4.13. The van der Waals surface area contributed by atoms with Crippen LogP contribution in [0.1, 0.15) is 32.4 Å². The summed E-state index contributed by atoms with van der Waals surface area (Å²) in [6, 6.07) is 3.50. The van der Waals surface area contributed by atoms with Gasteiger partial charge in [0.15, 0.2) is 6.10 Å². The monoisotopic (exact) mass is 310 g/mol. The van der Waals surface area contributed by atoms with Crippen LogP contribution in [-0.4, -0.2) is 35.8 Å². The van der Waals surface area contributed by atoms with Crippen molar-refractivity contribution in [3.05, 3.63) is 22.7 Å². The molecule has 2 aliphatic heterocycles. The summed E-state index contributed by atoms with van der Waals surface area (Å²) in [5, 5.41) is 13.0. The molecule has 0 saturated carbocycles. The number of anilines is 2. The van der Waals surface area contributed by atoms with Crippen LogP contribution in [0.2, 0.25) is 5.02 Å². The molecule has 0 aromatic heterocycles. The third-order valence-electron chi connectivity index (χ3n) is 3.83. The Kier molecular flexibility index (Phi) is 3.39. The molecule has 0 spiro atoms. The Morgan fingerprint density at radius 3 is 2.86 bits per heavy atom. The van der Waals surface area contributed by atoms with Gasteiger partial charge in [-0.25, -0.2) is 0 Å². The predicted molar refractivity (Wildman–Crippen MR) is 81.9 cm³/mol. The van der Waals surface area contributed by atoms with Crippen LogP contribution >= 0.6 is 11.6 Å². The number of halogens is 1. The van der Waals surface area contributed by atoms with Crippen molar-refractivity contribution in [2.75, 3.05) is 23.3 Å². The van der Waals surface area contributed by atoms with Crippen molar-refractivity contribution < 1.29 is 14.6 Å². The molecule has 5 nitrogen and oxygen atoms in total. The molecule has 1 fully saturated rings. The van der Waals surface area contributed by atoms with Crippen molar-refractivity contribution in [1.29, 1.82) is 0 Å². The maximum Gasteiger partial charge on any atom is 0.257 e.